The molecule has 0 saturated carbocycles. The minimum absolute atomic E-state index is 0.262. The standard InChI is InChI=1S/C12H14N2O3/c1-8(15)10-12(2,13)14(11(16)17-10)9-6-4-3-5-7-9/h3-7,10H,13H2,1-2H3. The van der Waals surface area contributed by atoms with Gasteiger partial charge in [0.15, 0.2) is 11.9 Å². The number of amides is 1. The highest BCUT2D eigenvalue weighted by Crippen LogP contribution is 2.31. The molecule has 5 nitrogen and oxygen atoms in total. The molecular weight excluding hydrogens is 220 g/mol. The van der Waals surface area contributed by atoms with Crippen molar-refractivity contribution in [2.45, 2.75) is 25.6 Å². The van der Waals surface area contributed by atoms with Gasteiger partial charge in [0.05, 0.1) is 0 Å². The lowest BCUT2D eigenvalue weighted by Gasteiger charge is -2.30. The summed E-state index contributed by atoms with van der Waals surface area (Å²) in [6.45, 7) is 2.97. The van der Waals surface area contributed by atoms with E-state index in [1.165, 1.54) is 11.8 Å². The number of carbonyl (C=O) groups is 2. The molecule has 90 valence electrons. The summed E-state index contributed by atoms with van der Waals surface area (Å²) in [6.07, 6.45) is -1.53. The second-order valence-electron chi connectivity index (χ2n) is 4.27. The maximum absolute atomic E-state index is 11.8. The van der Waals surface area contributed by atoms with Crippen LogP contribution in [-0.2, 0) is 9.53 Å². The Kier molecular flexibility index (Phi) is 2.63. The molecule has 1 heterocycles. The van der Waals surface area contributed by atoms with Crippen LogP contribution in [-0.4, -0.2) is 23.6 Å². The number of cyclic esters (lactones) is 1. The third kappa shape index (κ3) is 1.78. The van der Waals surface area contributed by atoms with Crippen molar-refractivity contribution in [3.05, 3.63) is 30.3 Å². The fourth-order valence-corrected chi connectivity index (χ4v) is 2.04. The van der Waals surface area contributed by atoms with Crippen molar-refractivity contribution in [1.29, 1.82) is 0 Å². The van der Waals surface area contributed by atoms with E-state index in [1.807, 2.05) is 6.07 Å². The lowest BCUT2D eigenvalue weighted by atomic mass is 10.0. The third-order valence-corrected chi connectivity index (χ3v) is 2.80. The Balaban J connectivity index is 2.42. The van der Waals surface area contributed by atoms with E-state index in [0.29, 0.717) is 5.69 Å². The number of ether oxygens (including phenoxy) is 1. The number of Topliss-reactive ketones (excluding diaryl/α,β-unsaturated/α-hetero) is 1. The van der Waals surface area contributed by atoms with Crippen LogP contribution in [0.5, 0.6) is 0 Å². The molecule has 0 spiro atoms. The highest BCUT2D eigenvalue weighted by Gasteiger charge is 2.52. The number of ketones is 1. The number of hydrogen-bond acceptors (Lipinski definition) is 4. The summed E-state index contributed by atoms with van der Waals surface area (Å²) in [6, 6.07) is 8.91. The highest BCUT2D eigenvalue weighted by atomic mass is 16.6. The van der Waals surface area contributed by atoms with Crippen LogP contribution < -0.4 is 10.6 Å². The Bertz CT molecular complexity index is 456. The van der Waals surface area contributed by atoms with Crippen molar-refractivity contribution in [3.63, 3.8) is 0 Å². The number of rotatable bonds is 2. The Labute approximate surface area is 99.2 Å². The molecule has 0 bridgehead atoms. The lowest BCUT2D eigenvalue weighted by Crippen LogP contribution is -2.58. The van der Waals surface area contributed by atoms with Crippen molar-refractivity contribution in [1.82, 2.24) is 0 Å². The first-order valence-corrected chi connectivity index (χ1v) is 5.30. The van der Waals surface area contributed by atoms with E-state index >= 15 is 0 Å². The fraction of sp³-hybridized carbons (Fsp3) is 0.333. The van der Waals surface area contributed by atoms with E-state index in [-0.39, 0.29) is 5.78 Å². The largest absolute Gasteiger partial charge is 0.434 e. The van der Waals surface area contributed by atoms with Gasteiger partial charge in [-0.05, 0) is 26.0 Å². The van der Waals surface area contributed by atoms with Crippen LogP contribution >= 0.6 is 0 Å². The molecule has 1 saturated heterocycles. The zero-order valence-electron chi connectivity index (χ0n) is 9.71. The third-order valence-electron chi connectivity index (χ3n) is 2.80. The van der Waals surface area contributed by atoms with Crippen LogP contribution in [0.2, 0.25) is 0 Å². The molecule has 1 fully saturated rings. The Morgan fingerprint density at radius 2 is 2.00 bits per heavy atom. The molecule has 1 aliphatic rings. The van der Waals surface area contributed by atoms with E-state index < -0.39 is 17.9 Å². The minimum atomic E-state index is -1.16. The molecule has 17 heavy (non-hydrogen) atoms. The Hall–Kier alpha value is -1.88. The smallest absolute Gasteiger partial charge is 0.416 e. The first kappa shape index (κ1) is 11.6. The normalized spacial score (nSPS) is 28.1. The van der Waals surface area contributed by atoms with Crippen LogP contribution in [0.3, 0.4) is 0 Å². The minimum Gasteiger partial charge on any atom is -0.434 e. The number of para-hydroxylation sites is 1. The molecule has 1 aliphatic heterocycles. The number of carbonyl (C=O) groups excluding carboxylic acids is 2. The molecule has 2 rings (SSSR count). The van der Waals surface area contributed by atoms with Gasteiger partial charge in [0.1, 0.15) is 5.66 Å². The zero-order chi connectivity index (χ0) is 12.6. The van der Waals surface area contributed by atoms with Crippen LogP contribution in [0, 0.1) is 0 Å². The van der Waals surface area contributed by atoms with Gasteiger partial charge < -0.3 is 10.5 Å². The summed E-state index contributed by atoms with van der Waals surface area (Å²) >= 11 is 0. The van der Waals surface area contributed by atoms with Crippen molar-refractivity contribution < 1.29 is 14.3 Å². The zero-order valence-corrected chi connectivity index (χ0v) is 9.71. The summed E-state index contributed by atoms with van der Waals surface area (Å²) in [5, 5.41) is 0. The van der Waals surface area contributed by atoms with Crippen LogP contribution in [0.15, 0.2) is 30.3 Å². The summed E-state index contributed by atoms with van der Waals surface area (Å²) in [4.78, 5) is 24.5. The van der Waals surface area contributed by atoms with Gasteiger partial charge in [0, 0.05) is 5.69 Å². The molecule has 5 heteroatoms. The first-order chi connectivity index (χ1) is 7.94. The Morgan fingerprint density at radius 3 is 2.47 bits per heavy atom. The number of nitrogens with two attached hydrogens (primary N) is 1. The average Bonchev–Trinajstić information content (AvgIpc) is 2.50. The molecular formula is C12H14N2O3. The van der Waals surface area contributed by atoms with Crippen molar-refractivity contribution in [2.75, 3.05) is 4.90 Å². The summed E-state index contributed by atoms with van der Waals surface area (Å²) in [7, 11) is 0. The molecule has 1 aromatic carbocycles. The topological polar surface area (TPSA) is 72.6 Å². The number of benzene rings is 1. The predicted octanol–water partition coefficient (Wildman–Crippen LogP) is 1.28. The van der Waals surface area contributed by atoms with Crippen LogP contribution in [0.4, 0.5) is 10.5 Å². The van der Waals surface area contributed by atoms with Gasteiger partial charge >= 0.3 is 6.09 Å². The molecule has 2 unspecified atom stereocenters. The van der Waals surface area contributed by atoms with E-state index in [1.54, 1.807) is 31.2 Å². The maximum Gasteiger partial charge on any atom is 0.416 e. The van der Waals surface area contributed by atoms with E-state index in [4.69, 9.17) is 10.5 Å². The highest BCUT2D eigenvalue weighted by molar-refractivity contribution is 5.97. The average molecular weight is 234 g/mol. The quantitative estimate of drug-likeness (QED) is 0.836. The SMILES string of the molecule is CC(=O)C1OC(=O)N(c2ccccc2)C1(C)N. The number of nitrogens with zero attached hydrogens (tertiary/aromatic N) is 1. The number of hydrogen-bond donors (Lipinski definition) is 1. The van der Waals surface area contributed by atoms with Gasteiger partial charge in [-0.1, -0.05) is 18.2 Å². The molecule has 1 amide bonds. The molecule has 0 aromatic heterocycles. The van der Waals surface area contributed by atoms with Crippen LogP contribution in [0.25, 0.3) is 0 Å². The molecule has 0 radical (unpaired) electrons. The predicted molar refractivity (Wildman–Crippen MR) is 62.5 cm³/mol. The maximum atomic E-state index is 11.8. The van der Waals surface area contributed by atoms with Gasteiger partial charge in [0.25, 0.3) is 0 Å². The second kappa shape index (κ2) is 3.85. The lowest BCUT2D eigenvalue weighted by molar-refractivity contribution is -0.125. The number of anilines is 1. The van der Waals surface area contributed by atoms with Crippen molar-refractivity contribution in [3.8, 4) is 0 Å². The molecule has 2 atom stereocenters. The van der Waals surface area contributed by atoms with Gasteiger partial charge in [-0.3, -0.25) is 9.69 Å². The van der Waals surface area contributed by atoms with E-state index in [0.717, 1.165) is 0 Å². The summed E-state index contributed by atoms with van der Waals surface area (Å²) in [5.74, 6) is -0.262. The van der Waals surface area contributed by atoms with E-state index in [9.17, 15) is 9.59 Å². The van der Waals surface area contributed by atoms with E-state index in [2.05, 4.69) is 0 Å². The molecule has 2 N–H and O–H groups in total. The van der Waals surface area contributed by atoms with Crippen molar-refractivity contribution >= 4 is 17.6 Å². The Morgan fingerprint density at radius 1 is 1.41 bits per heavy atom. The molecule has 0 aliphatic carbocycles. The van der Waals surface area contributed by atoms with Gasteiger partial charge in [-0.2, -0.15) is 0 Å². The van der Waals surface area contributed by atoms with Gasteiger partial charge in [-0.25, -0.2) is 4.79 Å². The monoisotopic (exact) mass is 234 g/mol. The molecule has 1 aromatic rings. The fourth-order valence-electron chi connectivity index (χ4n) is 2.04. The van der Waals surface area contributed by atoms with Crippen molar-refractivity contribution in [2.24, 2.45) is 5.73 Å². The van der Waals surface area contributed by atoms with Gasteiger partial charge in [0.2, 0.25) is 0 Å². The first-order valence-electron chi connectivity index (χ1n) is 5.30. The van der Waals surface area contributed by atoms with Crippen LogP contribution in [0.1, 0.15) is 13.8 Å². The second-order valence-corrected chi connectivity index (χ2v) is 4.27. The summed E-state index contributed by atoms with van der Waals surface area (Å²) < 4.78 is 5.02. The summed E-state index contributed by atoms with van der Waals surface area (Å²) in [5.41, 5.74) is 5.50. The van der Waals surface area contributed by atoms with Gasteiger partial charge in [-0.15, -0.1) is 0 Å².